The molecule has 3 heterocycles. The minimum Gasteiger partial charge on any atom is -0.462 e. The molecule has 1 fully saturated rings. The number of benzene rings is 1. The standard InChI is InChI=1S/C29H39N6O10P/c1-6-22(36)42-25-24(20-13-14-21-27(30)32-16-33-35(20)21)44-29(31,26(25)43-23(37)7-2)15-40-46(39,45-19-11-9-8-10-12-19)34-18(5)28(38)41-17(3)4/h8-14,16-18,24-26H,6-7,15,31H2,1-5H3,(H,34,39)(H2,30,32,33)/t18-,24-,25-,26-,29+,46-/m0/s1. The van der Waals surface area contributed by atoms with Crippen LogP contribution in [-0.2, 0) is 42.4 Å². The third-order valence-electron chi connectivity index (χ3n) is 6.82. The Hall–Kier alpha value is -4.08. The van der Waals surface area contributed by atoms with Gasteiger partial charge in [0, 0.05) is 12.8 Å². The average Bonchev–Trinajstić information content (AvgIpc) is 3.56. The van der Waals surface area contributed by atoms with Crippen molar-refractivity contribution in [3.63, 3.8) is 0 Å². The number of hydrogen-bond acceptors (Lipinski definition) is 14. The van der Waals surface area contributed by atoms with Crippen LogP contribution in [0.3, 0.4) is 0 Å². The van der Waals surface area contributed by atoms with E-state index in [-0.39, 0.29) is 24.4 Å². The molecule has 5 N–H and O–H groups in total. The molecule has 0 saturated carbocycles. The Morgan fingerprint density at radius 2 is 1.74 bits per heavy atom. The lowest BCUT2D eigenvalue weighted by Gasteiger charge is -2.32. The van der Waals surface area contributed by atoms with Gasteiger partial charge in [0.05, 0.1) is 11.8 Å². The molecule has 16 nitrogen and oxygen atoms in total. The molecule has 0 spiro atoms. The Kier molecular flexibility index (Phi) is 11.0. The Balaban J connectivity index is 1.72. The average molecular weight is 663 g/mol. The number of carbonyl (C=O) groups excluding carboxylic acids is 3. The van der Waals surface area contributed by atoms with Gasteiger partial charge in [-0.1, -0.05) is 32.0 Å². The van der Waals surface area contributed by atoms with E-state index in [4.69, 9.17) is 39.5 Å². The van der Waals surface area contributed by atoms with Crippen molar-refractivity contribution in [3.05, 3.63) is 54.5 Å². The summed E-state index contributed by atoms with van der Waals surface area (Å²) in [6, 6.07) is 10.2. The first-order chi connectivity index (χ1) is 21.8. The molecule has 250 valence electrons. The number of hydrogen-bond donors (Lipinski definition) is 3. The van der Waals surface area contributed by atoms with Gasteiger partial charge in [-0.15, -0.1) is 0 Å². The van der Waals surface area contributed by atoms with Crippen molar-refractivity contribution in [2.45, 2.75) is 83.6 Å². The largest absolute Gasteiger partial charge is 0.462 e. The number of rotatable bonds is 14. The summed E-state index contributed by atoms with van der Waals surface area (Å²) in [5.41, 5.74) is 11.5. The second-order valence-electron chi connectivity index (χ2n) is 10.8. The van der Waals surface area contributed by atoms with E-state index in [1.807, 2.05) is 0 Å². The van der Waals surface area contributed by atoms with Crippen LogP contribution in [-0.4, -0.2) is 69.2 Å². The van der Waals surface area contributed by atoms with E-state index in [9.17, 15) is 18.9 Å². The zero-order valence-electron chi connectivity index (χ0n) is 26.2. The van der Waals surface area contributed by atoms with Crippen LogP contribution in [0.15, 0.2) is 48.8 Å². The van der Waals surface area contributed by atoms with Crippen LogP contribution < -0.4 is 21.1 Å². The van der Waals surface area contributed by atoms with Gasteiger partial charge in [-0.05, 0) is 45.0 Å². The van der Waals surface area contributed by atoms with E-state index < -0.39 is 68.4 Å². The highest BCUT2D eigenvalue weighted by molar-refractivity contribution is 7.52. The molecule has 0 unspecified atom stereocenters. The van der Waals surface area contributed by atoms with Crippen LogP contribution in [0.25, 0.3) is 5.52 Å². The van der Waals surface area contributed by atoms with Crippen molar-refractivity contribution in [1.82, 2.24) is 19.7 Å². The van der Waals surface area contributed by atoms with E-state index in [2.05, 4.69) is 15.2 Å². The monoisotopic (exact) mass is 662 g/mol. The Bertz CT molecular complexity index is 1590. The zero-order chi connectivity index (χ0) is 33.6. The fourth-order valence-electron chi connectivity index (χ4n) is 4.61. The number of nitrogens with one attached hydrogen (secondary N) is 1. The van der Waals surface area contributed by atoms with Crippen LogP contribution in [0, 0.1) is 0 Å². The van der Waals surface area contributed by atoms with Crippen LogP contribution in [0.5, 0.6) is 5.75 Å². The highest BCUT2D eigenvalue weighted by atomic mass is 31.2. The van der Waals surface area contributed by atoms with Crippen LogP contribution >= 0.6 is 7.75 Å². The Labute approximate surface area is 265 Å². The number of para-hydroxylation sites is 1. The number of aromatic nitrogens is 3. The highest BCUT2D eigenvalue weighted by Gasteiger charge is 2.59. The first-order valence-electron chi connectivity index (χ1n) is 14.7. The maximum absolute atomic E-state index is 14.2. The van der Waals surface area contributed by atoms with Crippen molar-refractivity contribution < 1.29 is 46.9 Å². The predicted octanol–water partition coefficient (Wildman–Crippen LogP) is 2.81. The van der Waals surface area contributed by atoms with Gasteiger partial charge in [0.2, 0.25) is 0 Å². The molecule has 0 amide bonds. The lowest BCUT2D eigenvalue weighted by Crippen LogP contribution is -2.57. The summed E-state index contributed by atoms with van der Waals surface area (Å²) in [5, 5.41) is 6.81. The summed E-state index contributed by atoms with van der Waals surface area (Å²) in [5.74, 6) is -1.70. The van der Waals surface area contributed by atoms with Gasteiger partial charge < -0.3 is 29.2 Å². The fraction of sp³-hybridized carbons (Fsp3) is 0.483. The molecule has 1 aliphatic heterocycles. The lowest BCUT2D eigenvalue weighted by molar-refractivity contribution is -0.172. The molecule has 0 aliphatic carbocycles. The minimum absolute atomic E-state index is 0.00976. The number of ether oxygens (including phenoxy) is 4. The quantitative estimate of drug-likeness (QED) is 0.128. The summed E-state index contributed by atoms with van der Waals surface area (Å²) in [4.78, 5) is 41.9. The van der Waals surface area contributed by atoms with Crippen molar-refractivity contribution in [2.24, 2.45) is 5.73 Å². The van der Waals surface area contributed by atoms with Crippen molar-refractivity contribution >= 4 is 37.0 Å². The molecule has 1 aliphatic rings. The summed E-state index contributed by atoms with van der Waals surface area (Å²) >= 11 is 0. The molecule has 1 saturated heterocycles. The molecule has 2 aromatic heterocycles. The molecule has 0 bridgehead atoms. The van der Waals surface area contributed by atoms with E-state index in [0.717, 1.165) is 0 Å². The molecule has 1 aromatic carbocycles. The van der Waals surface area contributed by atoms with E-state index in [1.165, 1.54) is 29.9 Å². The topological polar surface area (TPSA) is 218 Å². The number of carbonyl (C=O) groups is 3. The van der Waals surface area contributed by atoms with Crippen molar-refractivity contribution in [1.29, 1.82) is 0 Å². The van der Waals surface area contributed by atoms with Gasteiger partial charge >= 0.3 is 25.7 Å². The molecule has 0 radical (unpaired) electrons. The highest BCUT2D eigenvalue weighted by Crippen LogP contribution is 2.48. The molecule has 6 atom stereocenters. The molecule has 3 aromatic rings. The van der Waals surface area contributed by atoms with E-state index in [0.29, 0.717) is 11.2 Å². The van der Waals surface area contributed by atoms with Gasteiger partial charge in [-0.2, -0.15) is 10.2 Å². The first kappa shape index (κ1) is 34.8. The summed E-state index contributed by atoms with van der Waals surface area (Å²) in [7, 11) is -4.44. The van der Waals surface area contributed by atoms with Crippen LogP contribution in [0.4, 0.5) is 5.82 Å². The summed E-state index contributed by atoms with van der Waals surface area (Å²) in [6.07, 6.45) is -3.19. The van der Waals surface area contributed by atoms with Crippen LogP contribution in [0.2, 0.25) is 0 Å². The predicted molar refractivity (Wildman–Crippen MR) is 163 cm³/mol. The number of anilines is 1. The number of fused-ring (bicyclic) bond motifs is 1. The molecular weight excluding hydrogens is 623 g/mol. The zero-order valence-corrected chi connectivity index (χ0v) is 27.0. The van der Waals surface area contributed by atoms with E-state index in [1.54, 1.807) is 58.0 Å². The minimum atomic E-state index is -4.44. The van der Waals surface area contributed by atoms with Gasteiger partial charge in [0.1, 0.15) is 36.3 Å². The van der Waals surface area contributed by atoms with Gasteiger partial charge in [0.25, 0.3) is 0 Å². The fourth-order valence-corrected chi connectivity index (χ4v) is 6.14. The molecule has 4 rings (SSSR count). The van der Waals surface area contributed by atoms with Crippen LogP contribution in [0.1, 0.15) is 59.3 Å². The second-order valence-corrected chi connectivity index (χ2v) is 12.5. The smallest absolute Gasteiger partial charge is 0.459 e. The third kappa shape index (κ3) is 8.00. The number of nitrogen functional groups attached to an aromatic ring is 1. The second kappa shape index (κ2) is 14.6. The van der Waals surface area contributed by atoms with Gasteiger partial charge in [-0.25, -0.2) is 14.1 Å². The number of esters is 3. The van der Waals surface area contributed by atoms with Crippen molar-refractivity contribution in [3.8, 4) is 5.75 Å². The lowest BCUT2D eigenvalue weighted by atomic mass is 10.0. The molecule has 17 heteroatoms. The SMILES string of the molecule is CCC(=O)O[C@H]1[C@H](c2ccc3c(N)ncnn23)O[C@](N)(CO[P@@](=O)(N[C@@H](C)C(=O)OC(C)C)Oc2ccccc2)[C@H]1OC(=O)CC. The molecule has 46 heavy (non-hydrogen) atoms. The summed E-state index contributed by atoms with van der Waals surface area (Å²) in [6.45, 7) is 7.19. The molecular formula is C29H39N6O10P. The Morgan fingerprint density at radius 3 is 2.39 bits per heavy atom. The Morgan fingerprint density at radius 1 is 1.07 bits per heavy atom. The summed E-state index contributed by atoms with van der Waals surface area (Å²) < 4.78 is 50.1. The maximum atomic E-state index is 14.2. The maximum Gasteiger partial charge on any atom is 0.459 e. The number of nitrogens with two attached hydrogens (primary N) is 2. The third-order valence-corrected chi connectivity index (χ3v) is 8.44. The van der Waals surface area contributed by atoms with Crippen molar-refractivity contribution in [2.75, 3.05) is 12.3 Å². The normalized spacial score (nSPS) is 23.1. The van der Waals surface area contributed by atoms with E-state index >= 15 is 0 Å². The first-order valence-corrected chi connectivity index (χ1v) is 16.2. The van der Waals surface area contributed by atoms with Gasteiger partial charge in [0.15, 0.2) is 23.8 Å². The number of nitrogens with zero attached hydrogens (tertiary/aromatic N) is 3. The van der Waals surface area contributed by atoms with Gasteiger partial charge in [-0.3, -0.25) is 24.6 Å².